The molecule has 0 aromatic heterocycles. The van der Waals surface area contributed by atoms with Gasteiger partial charge in [0, 0.05) is 31.9 Å². The zero-order chi connectivity index (χ0) is 17.1. The summed E-state index contributed by atoms with van der Waals surface area (Å²) >= 11 is 0. The van der Waals surface area contributed by atoms with Gasteiger partial charge in [0.15, 0.2) is 0 Å². The van der Waals surface area contributed by atoms with Gasteiger partial charge in [-0.2, -0.15) is 0 Å². The maximum Gasteiger partial charge on any atom is 0.254 e. The van der Waals surface area contributed by atoms with Gasteiger partial charge in [0.25, 0.3) is 5.91 Å². The van der Waals surface area contributed by atoms with Crippen LogP contribution in [0.1, 0.15) is 22.0 Å². The molecule has 3 rings (SSSR count). The van der Waals surface area contributed by atoms with Crippen molar-refractivity contribution in [3.05, 3.63) is 65.5 Å². The highest BCUT2D eigenvalue weighted by molar-refractivity contribution is 5.95. The quantitative estimate of drug-likeness (QED) is 0.868. The van der Waals surface area contributed by atoms with E-state index in [0.29, 0.717) is 25.3 Å². The van der Waals surface area contributed by atoms with E-state index in [1.165, 1.54) is 12.1 Å². The molecule has 0 bridgehead atoms. The Hall–Kier alpha value is -2.40. The zero-order valence-corrected chi connectivity index (χ0v) is 13.9. The summed E-state index contributed by atoms with van der Waals surface area (Å²) in [5, 5.41) is 0. The number of morpholine rings is 1. The maximum absolute atomic E-state index is 13.4. The van der Waals surface area contributed by atoms with Gasteiger partial charge in [-0.1, -0.05) is 18.2 Å². The Labute approximate surface area is 141 Å². The Morgan fingerprint density at radius 3 is 2.75 bits per heavy atom. The Balaban J connectivity index is 1.77. The lowest BCUT2D eigenvalue weighted by Gasteiger charge is -2.33. The van der Waals surface area contributed by atoms with Crippen molar-refractivity contribution in [2.45, 2.75) is 6.10 Å². The number of hydrogen-bond acceptors (Lipinski definition) is 3. The number of carbonyl (C=O) groups excluding carboxylic acids is 1. The van der Waals surface area contributed by atoms with E-state index in [4.69, 9.17) is 4.74 Å². The molecule has 4 nitrogen and oxygen atoms in total. The molecule has 24 heavy (non-hydrogen) atoms. The molecule has 126 valence electrons. The summed E-state index contributed by atoms with van der Waals surface area (Å²) in [6.07, 6.45) is -0.296. The van der Waals surface area contributed by atoms with E-state index in [1.807, 2.05) is 49.3 Å². The molecule has 0 saturated carbocycles. The molecule has 1 aliphatic heterocycles. The second-order valence-corrected chi connectivity index (χ2v) is 6.11. The van der Waals surface area contributed by atoms with Gasteiger partial charge in [-0.3, -0.25) is 4.79 Å². The third-order valence-electron chi connectivity index (χ3n) is 4.18. The van der Waals surface area contributed by atoms with E-state index in [9.17, 15) is 9.18 Å². The molecule has 1 saturated heterocycles. The third kappa shape index (κ3) is 3.57. The van der Waals surface area contributed by atoms with Crippen molar-refractivity contribution in [2.24, 2.45) is 0 Å². The van der Waals surface area contributed by atoms with Gasteiger partial charge in [-0.15, -0.1) is 0 Å². The number of halogens is 1. The van der Waals surface area contributed by atoms with Crippen molar-refractivity contribution < 1.29 is 13.9 Å². The highest BCUT2D eigenvalue weighted by Gasteiger charge is 2.26. The van der Waals surface area contributed by atoms with Crippen LogP contribution >= 0.6 is 0 Å². The standard InChI is InChI=1S/C19H21FN2O2/c1-21(2)17-8-4-6-15(12-17)19(23)22-9-10-24-18(13-22)14-5-3-7-16(20)11-14/h3-8,11-12,18H,9-10,13H2,1-2H3. The molecular weight excluding hydrogens is 307 g/mol. The van der Waals surface area contributed by atoms with Crippen LogP contribution in [-0.4, -0.2) is 44.6 Å². The van der Waals surface area contributed by atoms with Crippen LogP contribution in [0.5, 0.6) is 0 Å². The van der Waals surface area contributed by atoms with Crippen molar-refractivity contribution in [3.8, 4) is 0 Å². The monoisotopic (exact) mass is 328 g/mol. The number of rotatable bonds is 3. The molecule has 1 fully saturated rings. The van der Waals surface area contributed by atoms with Crippen LogP contribution in [0.4, 0.5) is 10.1 Å². The minimum absolute atomic E-state index is 0.0246. The van der Waals surface area contributed by atoms with Crippen LogP contribution in [-0.2, 0) is 4.74 Å². The molecule has 2 aromatic carbocycles. The Kier molecular flexibility index (Phi) is 4.81. The Morgan fingerprint density at radius 2 is 2.00 bits per heavy atom. The summed E-state index contributed by atoms with van der Waals surface area (Å²) in [5.41, 5.74) is 2.39. The predicted molar refractivity (Wildman–Crippen MR) is 91.8 cm³/mol. The van der Waals surface area contributed by atoms with Gasteiger partial charge < -0.3 is 14.5 Å². The summed E-state index contributed by atoms with van der Waals surface area (Å²) in [6, 6.07) is 13.9. The van der Waals surface area contributed by atoms with Crippen molar-refractivity contribution in [1.29, 1.82) is 0 Å². The van der Waals surface area contributed by atoms with Crippen LogP contribution in [0.25, 0.3) is 0 Å². The van der Waals surface area contributed by atoms with Crippen LogP contribution in [0.3, 0.4) is 0 Å². The van der Waals surface area contributed by atoms with Crippen molar-refractivity contribution in [3.63, 3.8) is 0 Å². The van der Waals surface area contributed by atoms with Crippen molar-refractivity contribution >= 4 is 11.6 Å². The molecule has 1 heterocycles. The number of anilines is 1. The molecule has 0 N–H and O–H groups in total. The number of carbonyl (C=O) groups is 1. The van der Waals surface area contributed by atoms with Crippen molar-refractivity contribution in [1.82, 2.24) is 4.90 Å². The summed E-state index contributed by atoms with van der Waals surface area (Å²) in [6.45, 7) is 1.41. The summed E-state index contributed by atoms with van der Waals surface area (Å²) in [7, 11) is 3.89. The van der Waals surface area contributed by atoms with E-state index in [2.05, 4.69) is 0 Å². The number of ether oxygens (including phenoxy) is 1. The minimum Gasteiger partial charge on any atom is -0.378 e. The molecule has 0 radical (unpaired) electrons. The normalized spacial score (nSPS) is 17.6. The van der Waals surface area contributed by atoms with E-state index >= 15 is 0 Å². The molecule has 5 heteroatoms. The number of hydrogen-bond donors (Lipinski definition) is 0. The van der Waals surface area contributed by atoms with Crippen LogP contribution < -0.4 is 4.90 Å². The van der Waals surface area contributed by atoms with Gasteiger partial charge in [0.05, 0.1) is 13.2 Å². The van der Waals surface area contributed by atoms with Crippen molar-refractivity contribution in [2.75, 3.05) is 38.7 Å². The van der Waals surface area contributed by atoms with Gasteiger partial charge in [-0.05, 0) is 35.9 Å². The van der Waals surface area contributed by atoms with Gasteiger partial charge in [0.2, 0.25) is 0 Å². The largest absolute Gasteiger partial charge is 0.378 e. The second-order valence-electron chi connectivity index (χ2n) is 6.11. The lowest BCUT2D eigenvalue weighted by molar-refractivity contribution is -0.0229. The van der Waals surface area contributed by atoms with E-state index in [-0.39, 0.29) is 17.8 Å². The van der Waals surface area contributed by atoms with Gasteiger partial charge in [0.1, 0.15) is 11.9 Å². The zero-order valence-electron chi connectivity index (χ0n) is 13.9. The molecule has 1 atom stereocenters. The lowest BCUT2D eigenvalue weighted by Crippen LogP contribution is -2.42. The highest BCUT2D eigenvalue weighted by Crippen LogP contribution is 2.24. The van der Waals surface area contributed by atoms with Crippen LogP contribution in [0.2, 0.25) is 0 Å². The predicted octanol–water partition coefficient (Wildman–Crippen LogP) is 3.11. The third-order valence-corrected chi connectivity index (χ3v) is 4.18. The Morgan fingerprint density at radius 1 is 1.21 bits per heavy atom. The maximum atomic E-state index is 13.4. The van der Waals surface area contributed by atoms with Crippen LogP contribution in [0.15, 0.2) is 48.5 Å². The van der Waals surface area contributed by atoms with E-state index in [1.54, 1.807) is 11.0 Å². The average molecular weight is 328 g/mol. The summed E-state index contributed by atoms with van der Waals surface area (Å²) < 4.78 is 19.2. The van der Waals surface area contributed by atoms with E-state index in [0.717, 1.165) is 11.3 Å². The van der Waals surface area contributed by atoms with Gasteiger partial charge in [-0.25, -0.2) is 4.39 Å². The topological polar surface area (TPSA) is 32.8 Å². The highest BCUT2D eigenvalue weighted by atomic mass is 19.1. The average Bonchev–Trinajstić information content (AvgIpc) is 2.61. The SMILES string of the molecule is CN(C)c1cccc(C(=O)N2CCOC(c3cccc(F)c3)C2)c1. The Bertz CT molecular complexity index is 733. The first-order valence-electron chi connectivity index (χ1n) is 7.98. The van der Waals surface area contributed by atoms with E-state index < -0.39 is 0 Å². The first kappa shape index (κ1) is 16.5. The molecule has 1 amide bonds. The molecule has 0 aliphatic carbocycles. The fourth-order valence-electron chi connectivity index (χ4n) is 2.84. The molecule has 1 aliphatic rings. The fourth-order valence-corrected chi connectivity index (χ4v) is 2.84. The smallest absolute Gasteiger partial charge is 0.254 e. The minimum atomic E-state index is -0.296. The van der Waals surface area contributed by atoms with Crippen LogP contribution in [0, 0.1) is 5.82 Å². The number of nitrogens with zero attached hydrogens (tertiary/aromatic N) is 2. The fraction of sp³-hybridized carbons (Fsp3) is 0.316. The summed E-state index contributed by atoms with van der Waals surface area (Å²) in [5.74, 6) is -0.318. The number of amides is 1. The molecule has 1 unspecified atom stereocenters. The lowest BCUT2D eigenvalue weighted by atomic mass is 10.1. The molecule has 2 aromatic rings. The molecule has 0 spiro atoms. The van der Waals surface area contributed by atoms with Gasteiger partial charge >= 0.3 is 0 Å². The second kappa shape index (κ2) is 7.01. The first-order valence-corrected chi connectivity index (χ1v) is 7.98. The summed E-state index contributed by atoms with van der Waals surface area (Å²) in [4.78, 5) is 16.5. The molecular formula is C19H21FN2O2. The number of benzene rings is 2. The first-order chi connectivity index (χ1) is 11.5.